The van der Waals surface area contributed by atoms with Crippen molar-refractivity contribution >= 4 is 11.7 Å². The van der Waals surface area contributed by atoms with E-state index < -0.39 is 0 Å². The number of carbonyl (C=O) groups is 1. The summed E-state index contributed by atoms with van der Waals surface area (Å²) < 4.78 is 0. The van der Waals surface area contributed by atoms with Gasteiger partial charge in [0.2, 0.25) is 5.91 Å². The Labute approximate surface area is 122 Å². The van der Waals surface area contributed by atoms with Crippen LogP contribution in [-0.2, 0) is 4.79 Å². The van der Waals surface area contributed by atoms with Crippen LogP contribution in [0.3, 0.4) is 0 Å². The highest BCUT2D eigenvalue weighted by Crippen LogP contribution is 2.10. The maximum atomic E-state index is 11.6. The normalized spacial score (nSPS) is 17.8. The molecule has 1 saturated heterocycles. The average Bonchev–Trinajstić information content (AvgIpc) is 2.48. The summed E-state index contributed by atoms with van der Waals surface area (Å²) in [6.07, 6.45) is 8.31. The van der Waals surface area contributed by atoms with Gasteiger partial charge < -0.3 is 9.80 Å². The molecule has 0 aromatic carbocycles. The molecule has 1 aliphatic heterocycles. The molecular weight excluding hydrogens is 250 g/mol. The van der Waals surface area contributed by atoms with Gasteiger partial charge in [-0.1, -0.05) is 25.7 Å². The Kier molecular flexibility index (Phi) is 6.77. The van der Waals surface area contributed by atoms with E-state index in [0.29, 0.717) is 0 Å². The van der Waals surface area contributed by atoms with Crippen LogP contribution in [0.2, 0.25) is 0 Å². The fourth-order valence-corrected chi connectivity index (χ4v) is 2.24. The van der Waals surface area contributed by atoms with Crippen LogP contribution < -0.4 is 0 Å². The average molecular weight is 275 g/mol. The van der Waals surface area contributed by atoms with E-state index in [1.807, 2.05) is 24.1 Å². The maximum Gasteiger partial charge on any atom is 0.246 e. The van der Waals surface area contributed by atoms with Gasteiger partial charge in [-0.2, -0.15) is 0 Å². The second-order valence-corrected chi connectivity index (χ2v) is 4.75. The number of hydrogen-bond donors (Lipinski definition) is 0. The van der Waals surface area contributed by atoms with Crippen LogP contribution in [0.4, 0.5) is 0 Å². The molecule has 1 rings (SSSR count). The zero-order valence-corrected chi connectivity index (χ0v) is 12.8. The summed E-state index contributed by atoms with van der Waals surface area (Å²) in [6.45, 7) is 12.8. The topological polar surface area (TPSA) is 35.9 Å². The summed E-state index contributed by atoms with van der Waals surface area (Å²) in [4.78, 5) is 20.2. The van der Waals surface area contributed by atoms with Crippen LogP contribution in [0.25, 0.3) is 0 Å². The number of hydrogen-bond acceptors (Lipinski definition) is 2. The van der Waals surface area contributed by atoms with Crippen molar-refractivity contribution in [3.63, 3.8) is 0 Å². The number of amides is 1. The van der Waals surface area contributed by atoms with Crippen LogP contribution in [0.15, 0.2) is 41.6 Å². The lowest BCUT2D eigenvalue weighted by atomic mass is 10.2. The zero-order valence-electron chi connectivity index (χ0n) is 12.8. The SMILES string of the molecule is C=CC(=O)N1CCN(C(=N/C=C\C)/C(C)=C/CC)CC1. The molecule has 0 bridgehead atoms. The first kappa shape index (κ1) is 16.2. The van der Waals surface area contributed by atoms with Crippen LogP contribution in [0, 0.1) is 0 Å². The Morgan fingerprint density at radius 1 is 1.25 bits per heavy atom. The van der Waals surface area contributed by atoms with Gasteiger partial charge >= 0.3 is 0 Å². The Hall–Kier alpha value is -1.84. The van der Waals surface area contributed by atoms with E-state index in [9.17, 15) is 4.79 Å². The van der Waals surface area contributed by atoms with Crippen LogP contribution >= 0.6 is 0 Å². The van der Waals surface area contributed by atoms with Crippen LogP contribution in [-0.4, -0.2) is 47.7 Å². The number of piperazine rings is 1. The number of allylic oxidation sites excluding steroid dienone is 2. The van der Waals surface area contributed by atoms with E-state index in [2.05, 4.69) is 36.4 Å². The van der Waals surface area contributed by atoms with Gasteiger partial charge in [0.25, 0.3) is 0 Å². The summed E-state index contributed by atoms with van der Waals surface area (Å²) in [5.74, 6) is 1.02. The molecule has 0 atom stereocenters. The molecule has 0 unspecified atom stereocenters. The fraction of sp³-hybridized carbons (Fsp3) is 0.500. The van der Waals surface area contributed by atoms with Crippen molar-refractivity contribution in [3.05, 3.63) is 36.6 Å². The molecule has 0 aromatic rings. The Morgan fingerprint density at radius 2 is 1.85 bits per heavy atom. The first-order valence-electron chi connectivity index (χ1n) is 7.16. The molecule has 4 heteroatoms. The second-order valence-electron chi connectivity index (χ2n) is 4.75. The van der Waals surface area contributed by atoms with E-state index in [0.717, 1.165) is 38.4 Å². The van der Waals surface area contributed by atoms with E-state index in [-0.39, 0.29) is 5.91 Å². The Morgan fingerprint density at radius 3 is 2.35 bits per heavy atom. The summed E-state index contributed by atoms with van der Waals surface area (Å²) >= 11 is 0. The third kappa shape index (κ3) is 4.37. The van der Waals surface area contributed by atoms with Crippen molar-refractivity contribution in [1.29, 1.82) is 0 Å². The highest BCUT2D eigenvalue weighted by Gasteiger charge is 2.22. The van der Waals surface area contributed by atoms with Crippen molar-refractivity contribution in [3.8, 4) is 0 Å². The largest absolute Gasteiger partial charge is 0.353 e. The molecule has 0 N–H and O–H groups in total. The Balaban J connectivity index is 2.78. The maximum absolute atomic E-state index is 11.6. The number of amidine groups is 1. The van der Waals surface area contributed by atoms with Gasteiger partial charge in [-0.15, -0.1) is 0 Å². The van der Waals surface area contributed by atoms with Gasteiger partial charge in [0, 0.05) is 32.4 Å². The first-order valence-corrected chi connectivity index (χ1v) is 7.16. The molecule has 0 aromatic heterocycles. The van der Waals surface area contributed by atoms with Crippen molar-refractivity contribution in [2.24, 2.45) is 4.99 Å². The first-order chi connectivity index (χ1) is 9.63. The predicted molar refractivity (Wildman–Crippen MR) is 84.6 cm³/mol. The van der Waals surface area contributed by atoms with Crippen molar-refractivity contribution in [1.82, 2.24) is 9.80 Å². The van der Waals surface area contributed by atoms with Crippen molar-refractivity contribution in [2.45, 2.75) is 27.2 Å². The smallest absolute Gasteiger partial charge is 0.246 e. The minimum absolute atomic E-state index is 0.0115. The molecule has 0 radical (unpaired) electrons. The molecule has 0 saturated carbocycles. The number of rotatable bonds is 4. The van der Waals surface area contributed by atoms with Gasteiger partial charge in [0.05, 0.1) is 0 Å². The molecule has 4 nitrogen and oxygen atoms in total. The molecule has 110 valence electrons. The van der Waals surface area contributed by atoms with E-state index in [1.165, 1.54) is 11.6 Å². The number of aliphatic imine (C=N–C) groups is 1. The summed E-state index contributed by atoms with van der Waals surface area (Å²) in [5, 5.41) is 0. The minimum Gasteiger partial charge on any atom is -0.353 e. The van der Waals surface area contributed by atoms with Crippen LogP contribution in [0.1, 0.15) is 27.2 Å². The van der Waals surface area contributed by atoms with Gasteiger partial charge in [-0.05, 0) is 31.9 Å². The minimum atomic E-state index is 0.0115. The monoisotopic (exact) mass is 275 g/mol. The lowest BCUT2D eigenvalue weighted by molar-refractivity contribution is -0.127. The second kappa shape index (κ2) is 8.35. The quantitative estimate of drug-likeness (QED) is 0.449. The fourth-order valence-electron chi connectivity index (χ4n) is 2.24. The molecule has 1 amide bonds. The van der Waals surface area contributed by atoms with Gasteiger partial charge in [0.15, 0.2) is 0 Å². The molecule has 1 heterocycles. The van der Waals surface area contributed by atoms with E-state index >= 15 is 0 Å². The number of carbonyl (C=O) groups excluding carboxylic acids is 1. The molecule has 20 heavy (non-hydrogen) atoms. The van der Waals surface area contributed by atoms with Crippen LogP contribution in [0.5, 0.6) is 0 Å². The zero-order chi connectivity index (χ0) is 15.0. The summed E-state index contributed by atoms with van der Waals surface area (Å²) in [7, 11) is 0. The molecule has 1 aliphatic rings. The lowest BCUT2D eigenvalue weighted by Crippen LogP contribution is -2.50. The molecule has 1 fully saturated rings. The molecule has 0 spiro atoms. The number of nitrogens with zero attached hydrogens (tertiary/aromatic N) is 3. The Bertz CT molecular complexity index is 427. The van der Waals surface area contributed by atoms with E-state index in [1.54, 1.807) is 0 Å². The standard InChI is InChI=1S/C16H25N3O/c1-5-8-14(4)16(17-9-6-2)19-12-10-18(11-13-19)15(20)7-3/h6-9H,3,5,10-13H2,1-2,4H3/b9-6-,14-8+,17-16+. The molecular formula is C16H25N3O. The lowest BCUT2D eigenvalue weighted by Gasteiger charge is -2.36. The summed E-state index contributed by atoms with van der Waals surface area (Å²) in [5.41, 5.74) is 1.19. The van der Waals surface area contributed by atoms with Gasteiger partial charge in [-0.25, -0.2) is 4.99 Å². The third-order valence-corrected chi connectivity index (χ3v) is 3.27. The third-order valence-electron chi connectivity index (χ3n) is 3.27. The van der Waals surface area contributed by atoms with Crippen molar-refractivity contribution in [2.75, 3.05) is 26.2 Å². The highest BCUT2D eigenvalue weighted by molar-refractivity contribution is 5.98. The van der Waals surface area contributed by atoms with Crippen molar-refractivity contribution < 1.29 is 4.79 Å². The van der Waals surface area contributed by atoms with Gasteiger partial charge in [-0.3, -0.25) is 4.79 Å². The molecule has 0 aliphatic carbocycles. The predicted octanol–water partition coefficient (Wildman–Crippen LogP) is 2.61. The highest BCUT2D eigenvalue weighted by atomic mass is 16.2. The van der Waals surface area contributed by atoms with Gasteiger partial charge in [0.1, 0.15) is 5.84 Å². The summed E-state index contributed by atoms with van der Waals surface area (Å²) in [6, 6.07) is 0. The van der Waals surface area contributed by atoms with E-state index in [4.69, 9.17) is 0 Å².